The van der Waals surface area contributed by atoms with E-state index >= 15 is 0 Å². The van der Waals surface area contributed by atoms with E-state index in [1.54, 1.807) is 6.07 Å². The first kappa shape index (κ1) is 20.7. The highest BCUT2D eigenvalue weighted by atomic mass is 16.5. The smallest absolute Gasteiger partial charge is 0.277 e. The summed E-state index contributed by atoms with van der Waals surface area (Å²) < 4.78 is 5.26. The Bertz CT molecular complexity index is 1280. The summed E-state index contributed by atoms with van der Waals surface area (Å²) in [6, 6.07) is 19.0. The predicted molar refractivity (Wildman–Crippen MR) is 127 cm³/mol. The molecule has 0 saturated heterocycles. The van der Waals surface area contributed by atoms with E-state index < -0.39 is 0 Å². The molecule has 4 aromatic rings. The first-order chi connectivity index (χ1) is 16.0. The zero-order valence-electron chi connectivity index (χ0n) is 18.4. The van der Waals surface area contributed by atoms with Gasteiger partial charge in [0.25, 0.3) is 5.91 Å². The molecule has 1 aliphatic rings. The van der Waals surface area contributed by atoms with Gasteiger partial charge in [0.1, 0.15) is 11.6 Å². The predicted octanol–water partition coefficient (Wildman–Crippen LogP) is 5.70. The molecular formula is C25H24N6O2. The van der Waals surface area contributed by atoms with E-state index in [1.165, 1.54) is 5.56 Å². The molecule has 0 spiro atoms. The lowest BCUT2D eigenvalue weighted by Crippen LogP contribution is -2.12. The second kappa shape index (κ2) is 8.74. The minimum absolute atomic E-state index is 0.287. The lowest BCUT2D eigenvalue weighted by atomic mass is 10.2. The monoisotopic (exact) mass is 440 g/mol. The molecule has 2 aromatic carbocycles. The Morgan fingerprint density at radius 3 is 2.27 bits per heavy atom. The number of carbonyl (C=O) groups is 1. The molecule has 2 aromatic heterocycles. The van der Waals surface area contributed by atoms with E-state index in [0.29, 0.717) is 29.1 Å². The highest BCUT2D eigenvalue weighted by Crippen LogP contribution is 2.40. The molecule has 1 aliphatic carbocycles. The van der Waals surface area contributed by atoms with Crippen LogP contribution in [0.1, 0.15) is 46.3 Å². The van der Waals surface area contributed by atoms with Gasteiger partial charge in [-0.2, -0.15) is 4.98 Å². The number of hydrogen-bond acceptors (Lipinski definition) is 7. The Balaban J connectivity index is 1.23. The second-order valence-electron chi connectivity index (χ2n) is 8.25. The molecule has 8 nitrogen and oxygen atoms in total. The number of nitrogens with one attached hydrogen (secondary N) is 3. The van der Waals surface area contributed by atoms with Gasteiger partial charge in [0, 0.05) is 40.8 Å². The van der Waals surface area contributed by atoms with E-state index in [-0.39, 0.29) is 5.91 Å². The van der Waals surface area contributed by atoms with Crippen LogP contribution in [-0.4, -0.2) is 21.0 Å². The van der Waals surface area contributed by atoms with Crippen LogP contribution < -0.4 is 16.0 Å². The zero-order chi connectivity index (χ0) is 22.8. The van der Waals surface area contributed by atoms with Crippen molar-refractivity contribution in [2.24, 2.45) is 0 Å². The first-order valence-corrected chi connectivity index (χ1v) is 10.9. The van der Waals surface area contributed by atoms with Crippen molar-refractivity contribution in [1.82, 2.24) is 15.1 Å². The van der Waals surface area contributed by atoms with Crippen LogP contribution in [0.5, 0.6) is 0 Å². The van der Waals surface area contributed by atoms with Crippen molar-refractivity contribution in [3.8, 4) is 0 Å². The molecule has 8 heteroatoms. The molecular weight excluding hydrogens is 416 g/mol. The molecule has 33 heavy (non-hydrogen) atoms. The summed E-state index contributed by atoms with van der Waals surface area (Å²) in [5.41, 5.74) is 4.76. The molecule has 1 amide bonds. The zero-order valence-corrected chi connectivity index (χ0v) is 18.4. The summed E-state index contributed by atoms with van der Waals surface area (Å²) in [6.45, 7) is 3.97. The number of benzene rings is 2. The van der Waals surface area contributed by atoms with Crippen LogP contribution in [0.4, 0.5) is 28.8 Å². The number of amides is 1. The lowest BCUT2D eigenvalue weighted by Gasteiger charge is -2.11. The lowest BCUT2D eigenvalue weighted by molar-refractivity contribution is 0.101. The Morgan fingerprint density at radius 2 is 1.55 bits per heavy atom. The number of anilines is 5. The largest absolute Gasteiger partial charge is 0.360 e. The number of aromatic nitrogens is 3. The van der Waals surface area contributed by atoms with E-state index in [9.17, 15) is 4.79 Å². The fourth-order valence-electron chi connectivity index (χ4n) is 3.39. The van der Waals surface area contributed by atoms with Gasteiger partial charge in [-0.1, -0.05) is 22.9 Å². The van der Waals surface area contributed by atoms with Crippen LogP contribution in [0.15, 0.2) is 65.2 Å². The summed E-state index contributed by atoms with van der Waals surface area (Å²) in [5.74, 6) is 2.11. The van der Waals surface area contributed by atoms with Gasteiger partial charge in [-0.3, -0.25) is 4.79 Å². The average Bonchev–Trinajstić information content (AvgIpc) is 3.52. The van der Waals surface area contributed by atoms with Gasteiger partial charge in [0.2, 0.25) is 5.95 Å². The molecule has 0 radical (unpaired) electrons. The van der Waals surface area contributed by atoms with E-state index in [0.717, 1.165) is 35.7 Å². The molecule has 0 atom stereocenters. The standard InChI is InChI=1S/C25H24N6O2/c1-15-3-7-20(8-4-15)29-25-26-16(2)13-23(30-25)27-18-9-11-19(12-10-18)28-24(32)21-14-22(33-31-21)17-5-6-17/h3-4,7-14,17H,5-6H2,1-2H3,(H,28,32)(H2,26,27,29,30). The van der Waals surface area contributed by atoms with Crippen molar-refractivity contribution in [3.63, 3.8) is 0 Å². The Labute approximate surface area is 191 Å². The minimum Gasteiger partial charge on any atom is -0.360 e. The summed E-state index contributed by atoms with van der Waals surface area (Å²) in [7, 11) is 0. The molecule has 166 valence electrons. The molecule has 0 unspecified atom stereocenters. The highest BCUT2D eigenvalue weighted by Gasteiger charge is 2.28. The third-order valence-electron chi connectivity index (χ3n) is 5.32. The number of hydrogen-bond donors (Lipinski definition) is 3. The van der Waals surface area contributed by atoms with Crippen LogP contribution in [0.3, 0.4) is 0 Å². The molecule has 2 heterocycles. The number of carbonyl (C=O) groups excluding carboxylic acids is 1. The van der Waals surface area contributed by atoms with Crippen LogP contribution in [-0.2, 0) is 0 Å². The number of aryl methyl sites for hydroxylation is 2. The Hall–Kier alpha value is -4.20. The molecule has 1 fully saturated rings. The van der Waals surface area contributed by atoms with Crippen molar-refractivity contribution in [3.05, 3.63) is 83.4 Å². The van der Waals surface area contributed by atoms with E-state index in [4.69, 9.17) is 4.52 Å². The molecule has 5 rings (SSSR count). The van der Waals surface area contributed by atoms with Gasteiger partial charge in [-0.05, 0) is 63.1 Å². The van der Waals surface area contributed by atoms with Gasteiger partial charge < -0.3 is 20.5 Å². The topological polar surface area (TPSA) is 105 Å². The number of nitrogens with zero attached hydrogens (tertiary/aromatic N) is 3. The first-order valence-electron chi connectivity index (χ1n) is 10.9. The van der Waals surface area contributed by atoms with Gasteiger partial charge >= 0.3 is 0 Å². The molecule has 3 N–H and O–H groups in total. The van der Waals surface area contributed by atoms with Crippen molar-refractivity contribution < 1.29 is 9.32 Å². The Morgan fingerprint density at radius 1 is 0.879 bits per heavy atom. The third-order valence-corrected chi connectivity index (χ3v) is 5.32. The third kappa shape index (κ3) is 5.17. The van der Waals surface area contributed by atoms with Crippen molar-refractivity contribution in [2.75, 3.05) is 16.0 Å². The van der Waals surface area contributed by atoms with Gasteiger partial charge in [-0.15, -0.1) is 0 Å². The molecule has 0 aliphatic heterocycles. The fourth-order valence-corrected chi connectivity index (χ4v) is 3.39. The summed E-state index contributed by atoms with van der Waals surface area (Å²) in [4.78, 5) is 21.4. The molecule has 0 bridgehead atoms. The summed E-state index contributed by atoms with van der Waals surface area (Å²) >= 11 is 0. The second-order valence-corrected chi connectivity index (χ2v) is 8.25. The normalized spacial score (nSPS) is 12.9. The van der Waals surface area contributed by atoms with Gasteiger partial charge in [-0.25, -0.2) is 4.98 Å². The quantitative estimate of drug-likeness (QED) is 0.339. The van der Waals surface area contributed by atoms with Crippen molar-refractivity contribution in [2.45, 2.75) is 32.6 Å². The van der Waals surface area contributed by atoms with Crippen LogP contribution in [0.25, 0.3) is 0 Å². The SMILES string of the molecule is Cc1ccc(Nc2nc(C)cc(Nc3ccc(NC(=O)c4cc(C5CC5)on4)cc3)n2)cc1. The van der Waals surface area contributed by atoms with E-state index in [1.807, 2.05) is 68.4 Å². The summed E-state index contributed by atoms with van der Waals surface area (Å²) in [6.07, 6.45) is 2.19. The van der Waals surface area contributed by atoms with Gasteiger partial charge in [0.15, 0.2) is 5.69 Å². The number of rotatable bonds is 7. The van der Waals surface area contributed by atoms with Crippen molar-refractivity contribution >= 4 is 34.7 Å². The van der Waals surface area contributed by atoms with Crippen molar-refractivity contribution in [1.29, 1.82) is 0 Å². The average molecular weight is 441 g/mol. The van der Waals surface area contributed by atoms with Gasteiger partial charge in [0.05, 0.1) is 0 Å². The van der Waals surface area contributed by atoms with Crippen LogP contribution in [0.2, 0.25) is 0 Å². The fraction of sp³-hybridized carbons (Fsp3) is 0.200. The highest BCUT2D eigenvalue weighted by molar-refractivity contribution is 6.02. The maximum absolute atomic E-state index is 12.4. The maximum Gasteiger partial charge on any atom is 0.277 e. The Kier molecular flexibility index (Phi) is 5.48. The van der Waals surface area contributed by atoms with Crippen LogP contribution >= 0.6 is 0 Å². The molecule has 1 saturated carbocycles. The van der Waals surface area contributed by atoms with E-state index in [2.05, 4.69) is 31.1 Å². The minimum atomic E-state index is -0.287. The maximum atomic E-state index is 12.4. The summed E-state index contributed by atoms with van der Waals surface area (Å²) in [5, 5.41) is 13.2. The van der Waals surface area contributed by atoms with Crippen LogP contribution in [0, 0.1) is 13.8 Å².